The molecule has 3 aromatic rings. The monoisotopic (exact) mass is 295 g/mol. The smallest absolute Gasteiger partial charge is 0.162 e. The number of aryl methyl sites for hydroxylation is 2. The molecule has 0 radical (unpaired) electrons. The number of benzene rings is 1. The molecule has 0 fully saturated rings. The molecular weight excluding hydrogens is 278 g/mol. The van der Waals surface area contributed by atoms with Gasteiger partial charge in [-0.2, -0.15) is 0 Å². The minimum absolute atomic E-state index is 0.580. The molecule has 0 unspecified atom stereocenters. The topological polar surface area (TPSA) is 61.8 Å². The number of hydrogen-bond acceptors (Lipinski definition) is 4. The Labute approximate surface area is 128 Å². The highest BCUT2D eigenvalue weighted by Gasteiger charge is 2.16. The molecule has 4 rings (SSSR count). The highest BCUT2D eigenvalue weighted by atomic mass is 16.6. The molecular formula is C17H17N3O2. The molecule has 0 aliphatic carbocycles. The van der Waals surface area contributed by atoms with E-state index < -0.39 is 0 Å². The number of pyridine rings is 1. The molecule has 112 valence electrons. The minimum Gasteiger partial charge on any atom is -0.486 e. The molecule has 1 aliphatic rings. The van der Waals surface area contributed by atoms with Crippen LogP contribution in [0.1, 0.15) is 11.3 Å². The molecule has 2 aromatic heterocycles. The molecule has 1 aromatic carbocycles. The number of ether oxygens (including phenoxy) is 2. The second-order valence-corrected chi connectivity index (χ2v) is 5.54. The maximum atomic E-state index is 6.01. The van der Waals surface area contributed by atoms with E-state index in [-0.39, 0.29) is 0 Å². The van der Waals surface area contributed by atoms with E-state index in [0.29, 0.717) is 13.2 Å². The Morgan fingerprint density at radius 2 is 1.86 bits per heavy atom. The quantitative estimate of drug-likeness (QED) is 0.749. The number of hydrogen-bond donors (Lipinski definition) is 1. The lowest BCUT2D eigenvalue weighted by Crippen LogP contribution is -2.15. The van der Waals surface area contributed by atoms with E-state index in [0.717, 1.165) is 45.3 Å². The lowest BCUT2D eigenvalue weighted by atomic mass is 10.1. The second kappa shape index (κ2) is 4.66. The third kappa shape index (κ3) is 1.89. The minimum atomic E-state index is 0.580. The number of nitrogens with zero attached hydrogens (tertiary/aromatic N) is 2. The van der Waals surface area contributed by atoms with Gasteiger partial charge in [0, 0.05) is 17.5 Å². The fourth-order valence-electron chi connectivity index (χ4n) is 2.78. The summed E-state index contributed by atoms with van der Waals surface area (Å²) < 4.78 is 13.2. The summed E-state index contributed by atoms with van der Waals surface area (Å²) >= 11 is 0. The van der Waals surface area contributed by atoms with E-state index in [4.69, 9.17) is 20.2 Å². The fraction of sp³-hybridized carbons (Fsp3) is 0.235. The maximum absolute atomic E-state index is 6.01. The number of nitrogens with two attached hydrogens (primary N) is 1. The maximum Gasteiger partial charge on any atom is 0.162 e. The summed E-state index contributed by atoms with van der Waals surface area (Å²) in [6, 6.07) is 7.94. The van der Waals surface area contributed by atoms with Gasteiger partial charge in [-0.3, -0.25) is 0 Å². The van der Waals surface area contributed by atoms with E-state index in [9.17, 15) is 0 Å². The third-order valence-corrected chi connectivity index (χ3v) is 4.06. The highest BCUT2D eigenvalue weighted by Crippen LogP contribution is 2.35. The SMILES string of the molecule is Cc1cc2nc(-c3ccc4c(c3)OCCO4)c(C)n2cc1N. The predicted molar refractivity (Wildman–Crippen MR) is 85.5 cm³/mol. The summed E-state index contributed by atoms with van der Waals surface area (Å²) in [5.41, 5.74) is 11.7. The zero-order valence-corrected chi connectivity index (χ0v) is 12.6. The van der Waals surface area contributed by atoms with Crippen molar-refractivity contribution < 1.29 is 9.47 Å². The Kier molecular flexibility index (Phi) is 2.76. The van der Waals surface area contributed by atoms with Crippen molar-refractivity contribution in [2.24, 2.45) is 0 Å². The number of nitrogen functional groups attached to an aromatic ring is 1. The van der Waals surface area contributed by atoms with Gasteiger partial charge in [0.05, 0.1) is 11.4 Å². The largest absolute Gasteiger partial charge is 0.486 e. The van der Waals surface area contributed by atoms with Gasteiger partial charge in [-0.05, 0) is 43.7 Å². The van der Waals surface area contributed by atoms with Gasteiger partial charge in [0.2, 0.25) is 0 Å². The summed E-state index contributed by atoms with van der Waals surface area (Å²) in [6.45, 7) is 5.21. The van der Waals surface area contributed by atoms with Crippen LogP contribution in [0.5, 0.6) is 11.5 Å². The summed E-state index contributed by atoms with van der Waals surface area (Å²) in [4.78, 5) is 4.74. The summed E-state index contributed by atoms with van der Waals surface area (Å²) in [5, 5.41) is 0. The van der Waals surface area contributed by atoms with E-state index >= 15 is 0 Å². The first-order valence-corrected chi connectivity index (χ1v) is 7.28. The number of imidazole rings is 1. The Morgan fingerprint density at radius 3 is 2.68 bits per heavy atom. The summed E-state index contributed by atoms with van der Waals surface area (Å²) in [7, 11) is 0. The Balaban J connectivity index is 1.89. The van der Waals surface area contributed by atoms with Gasteiger partial charge in [-0.25, -0.2) is 4.98 Å². The van der Waals surface area contributed by atoms with Crippen LogP contribution in [0.2, 0.25) is 0 Å². The molecule has 2 N–H and O–H groups in total. The van der Waals surface area contributed by atoms with E-state index in [1.54, 1.807) is 0 Å². The van der Waals surface area contributed by atoms with Crippen LogP contribution in [0, 0.1) is 13.8 Å². The highest BCUT2D eigenvalue weighted by molar-refractivity contribution is 5.70. The van der Waals surface area contributed by atoms with Crippen LogP contribution in [0.25, 0.3) is 16.9 Å². The molecule has 0 bridgehead atoms. The van der Waals surface area contributed by atoms with Crippen molar-refractivity contribution in [3.63, 3.8) is 0 Å². The first-order valence-electron chi connectivity index (χ1n) is 7.28. The molecule has 0 saturated carbocycles. The lowest BCUT2D eigenvalue weighted by molar-refractivity contribution is 0.171. The zero-order valence-electron chi connectivity index (χ0n) is 12.6. The molecule has 5 nitrogen and oxygen atoms in total. The van der Waals surface area contributed by atoms with Crippen molar-refractivity contribution in [2.45, 2.75) is 13.8 Å². The first kappa shape index (κ1) is 13.0. The van der Waals surface area contributed by atoms with E-state index in [1.807, 2.05) is 48.7 Å². The third-order valence-electron chi connectivity index (χ3n) is 4.06. The number of aromatic nitrogens is 2. The van der Waals surface area contributed by atoms with Crippen LogP contribution in [0.3, 0.4) is 0 Å². The second-order valence-electron chi connectivity index (χ2n) is 5.54. The Morgan fingerprint density at radius 1 is 1.09 bits per heavy atom. The van der Waals surface area contributed by atoms with Crippen LogP contribution < -0.4 is 15.2 Å². The molecule has 5 heteroatoms. The van der Waals surface area contributed by atoms with Gasteiger partial charge >= 0.3 is 0 Å². The average Bonchev–Trinajstić information content (AvgIpc) is 2.84. The fourth-order valence-corrected chi connectivity index (χ4v) is 2.78. The normalized spacial score (nSPS) is 13.5. The van der Waals surface area contributed by atoms with Crippen molar-refractivity contribution in [1.82, 2.24) is 9.38 Å². The zero-order chi connectivity index (χ0) is 15.3. The van der Waals surface area contributed by atoms with Crippen molar-refractivity contribution in [3.8, 4) is 22.8 Å². The van der Waals surface area contributed by atoms with Crippen molar-refractivity contribution in [1.29, 1.82) is 0 Å². The van der Waals surface area contributed by atoms with E-state index in [1.165, 1.54) is 0 Å². The molecule has 0 amide bonds. The molecule has 22 heavy (non-hydrogen) atoms. The number of fused-ring (bicyclic) bond motifs is 2. The van der Waals surface area contributed by atoms with Gasteiger partial charge in [0.1, 0.15) is 18.9 Å². The molecule has 0 spiro atoms. The predicted octanol–water partition coefficient (Wildman–Crippen LogP) is 2.97. The average molecular weight is 295 g/mol. The van der Waals surface area contributed by atoms with Crippen LogP contribution in [-0.2, 0) is 0 Å². The van der Waals surface area contributed by atoms with Crippen LogP contribution in [0.15, 0.2) is 30.5 Å². The van der Waals surface area contributed by atoms with Gasteiger partial charge in [0.15, 0.2) is 11.5 Å². The van der Waals surface area contributed by atoms with E-state index in [2.05, 4.69) is 0 Å². The van der Waals surface area contributed by atoms with Crippen LogP contribution in [-0.4, -0.2) is 22.6 Å². The first-order chi connectivity index (χ1) is 10.6. The standard InChI is InChI=1S/C17H17N3O2/c1-10-7-16-19-17(11(2)20(16)9-13(10)18)12-3-4-14-15(8-12)22-6-5-21-14/h3-4,7-9H,5-6,18H2,1-2H3. The molecule has 3 heterocycles. The summed E-state index contributed by atoms with van der Waals surface area (Å²) in [6.07, 6.45) is 1.93. The molecule has 1 aliphatic heterocycles. The summed E-state index contributed by atoms with van der Waals surface area (Å²) in [5.74, 6) is 1.56. The van der Waals surface area contributed by atoms with Gasteiger partial charge in [-0.1, -0.05) is 0 Å². The van der Waals surface area contributed by atoms with Gasteiger partial charge in [0.25, 0.3) is 0 Å². The Hall–Kier alpha value is -2.69. The van der Waals surface area contributed by atoms with Crippen molar-refractivity contribution in [2.75, 3.05) is 18.9 Å². The van der Waals surface area contributed by atoms with Crippen LogP contribution in [0.4, 0.5) is 5.69 Å². The number of anilines is 1. The molecule has 0 atom stereocenters. The lowest BCUT2D eigenvalue weighted by Gasteiger charge is -2.18. The molecule has 0 saturated heterocycles. The van der Waals surface area contributed by atoms with Gasteiger partial charge in [-0.15, -0.1) is 0 Å². The Bertz CT molecular complexity index is 883. The van der Waals surface area contributed by atoms with Crippen molar-refractivity contribution in [3.05, 3.63) is 41.7 Å². The van der Waals surface area contributed by atoms with Crippen LogP contribution >= 0.6 is 0 Å². The van der Waals surface area contributed by atoms with Crippen molar-refractivity contribution >= 4 is 11.3 Å². The van der Waals surface area contributed by atoms with Gasteiger partial charge < -0.3 is 19.6 Å². The number of rotatable bonds is 1.